The molecule has 0 aliphatic heterocycles. The molecule has 0 amide bonds. The van der Waals surface area contributed by atoms with Crippen molar-refractivity contribution in [3.05, 3.63) is 65.9 Å². The first-order valence-corrected chi connectivity index (χ1v) is 7.02. The minimum Gasteiger partial charge on any atom is -0.366 e. The second-order valence-electron chi connectivity index (χ2n) is 5.08. The summed E-state index contributed by atoms with van der Waals surface area (Å²) in [6, 6.07) is 18.1. The number of nitrogens with two attached hydrogens (primary N) is 1. The van der Waals surface area contributed by atoms with Crippen molar-refractivity contribution in [2.75, 3.05) is 11.9 Å². The van der Waals surface area contributed by atoms with Crippen LogP contribution < -0.4 is 11.1 Å². The van der Waals surface area contributed by atoms with Crippen LogP contribution in [0.5, 0.6) is 0 Å². The summed E-state index contributed by atoms with van der Waals surface area (Å²) in [7, 11) is 0. The zero-order valence-electron chi connectivity index (χ0n) is 12.0. The van der Waals surface area contributed by atoms with E-state index in [0.29, 0.717) is 6.54 Å². The molecule has 1 heterocycles. The average molecular weight is 278 g/mol. The molecule has 3 rings (SSSR count). The molecular weight excluding hydrogens is 260 g/mol. The number of nitrogens with zero attached hydrogens (tertiary/aromatic N) is 2. The van der Waals surface area contributed by atoms with Crippen LogP contribution in [0.15, 0.2) is 54.6 Å². The zero-order valence-corrected chi connectivity index (χ0v) is 12.0. The van der Waals surface area contributed by atoms with Crippen LogP contribution in [0.3, 0.4) is 0 Å². The lowest BCUT2D eigenvalue weighted by Crippen LogP contribution is -2.21. The van der Waals surface area contributed by atoms with Gasteiger partial charge in [-0.15, -0.1) is 5.10 Å². The Morgan fingerprint density at radius 1 is 0.952 bits per heavy atom. The molecule has 1 atom stereocenters. The van der Waals surface area contributed by atoms with E-state index in [1.54, 1.807) is 0 Å². The maximum atomic E-state index is 6.21. The van der Waals surface area contributed by atoms with Gasteiger partial charge < -0.3 is 11.1 Å². The summed E-state index contributed by atoms with van der Waals surface area (Å²) in [5.74, 6) is 0.780. The zero-order chi connectivity index (χ0) is 14.7. The van der Waals surface area contributed by atoms with Gasteiger partial charge in [0.2, 0.25) is 0 Å². The molecule has 0 bridgehead atoms. The van der Waals surface area contributed by atoms with Crippen molar-refractivity contribution in [3.63, 3.8) is 0 Å². The molecule has 0 radical (unpaired) electrons. The normalized spacial score (nSPS) is 12.3. The SMILES string of the molecule is Cc1nnc(NCC(N)c2ccccc2)c2ccccc12. The molecule has 106 valence electrons. The molecule has 0 fully saturated rings. The largest absolute Gasteiger partial charge is 0.366 e. The van der Waals surface area contributed by atoms with Crippen LogP contribution in [-0.2, 0) is 0 Å². The van der Waals surface area contributed by atoms with Crippen LogP contribution >= 0.6 is 0 Å². The van der Waals surface area contributed by atoms with Gasteiger partial charge in [-0.25, -0.2) is 0 Å². The summed E-state index contributed by atoms with van der Waals surface area (Å²) in [6.45, 7) is 2.58. The van der Waals surface area contributed by atoms with Gasteiger partial charge in [0.05, 0.1) is 5.69 Å². The van der Waals surface area contributed by atoms with Gasteiger partial charge in [0.1, 0.15) is 0 Å². The van der Waals surface area contributed by atoms with Gasteiger partial charge in [-0.3, -0.25) is 0 Å². The Hall–Kier alpha value is -2.46. The van der Waals surface area contributed by atoms with Crippen LogP contribution in [0.25, 0.3) is 10.8 Å². The molecule has 21 heavy (non-hydrogen) atoms. The standard InChI is InChI=1S/C17H18N4/c1-12-14-9-5-6-10-15(14)17(21-20-12)19-11-16(18)13-7-3-2-4-8-13/h2-10,16H,11,18H2,1H3,(H,19,21). The molecule has 0 aliphatic rings. The Labute approximate surface area is 124 Å². The predicted octanol–water partition coefficient (Wildman–Crippen LogP) is 3.05. The molecule has 0 saturated heterocycles. The molecule has 0 aliphatic carbocycles. The van der Waals surface area contributed by atoms with Crippen LogP contribution in [0, 0.1) is 6.92 Å². The van der Waals surface area contributed by atoms with Gasteiger partial charge in [-0.05, 0) is 12.5 Å². The van der Waals surface area contributed by atoms with Crippen molar-refractivity contribution >= 4 is 16.6 Å². The maximum Gasteiger partial charge on any atom is 0.156 e. The summed E-state index contributed by atoms with van der Waals surface area (Å²) < 4.78 is 0. The second kappa shape index (κ2) is 5.89. The van der Waals surface area contributed by atoms with Crippen molar-refractivity contribution in [1.29, 1.82) is 0 Å². The Morgan fingerprint density at radius 3 is 2.38 bits per heavy atom. The van der Waals surface area contributed by atoms with Gasteiger partial charge >= 0.3 is 0 Å². The fourth-order valence-corrected chi connectivity index (χ4v) is 2.39. The van der Waals surface area contributed by atoms with Gasteiger partial charge in [-0.1, -0.05) is 54.6 Å². The number of aryl methyl sites for hydroxylation is 1. The number of fused-ring (bicyclic) bond motifs is 1. The fourth-order valence-electron chi connectivity index (χ4n) is 2.39. The molecule has 4 nitrogen and oxygen atoms in total. The summed E-state index contributed by atoms with van der Waals surface area (Å²) in [5.41, 5.74) is 8.25. The van der Waals surface area contributed by atoms with Gasteiger partial charge in [0.25, 0.3) is 0 Å². The highest BCUT2D eigenvalue weighted by molar-refractivity contribution is 5.92. The third-order valence-electron chi connectivity index (χ3n) is 3.59. The first-order valence-electron chi connectivity index (χ1n) is 7.02. The summed E-state index contributed by atoms with van der Waals surface area (Å²) in [5, 5.41) is 14.0. The van der Waals surface area contributed by atoms with Gasteiger partial charge in [-0.2, -0.15) is 5.10 Å². The molecule has 3 aromatic rings. The topological polar surface area (TPSA) is 63.8 Å². The quantitative estimate of drug-likeness (QED) is 0.770. The first kappa shape index (κ1) is 13.5. The van der Waals surface area contributed by atoms with Crippen molar-refractivity contribution < 1.29 is 0 Å². The van der Waals surface area contributed by atoms with E-state index in [9.17, 15) is 0 Å². The van der Waals surface area contributed by atoms with E-state index < -0.39 is 0 Å². The third kappa shape index (κ3) is 2.85. The number of rotatable bonds is 4. The summed E-state index contributed by atoms with van der Waals surface area (Å²) in [4.78, 5) is 0. The lowest BCUT2D eigenvalue weighted by atomic mass is 10.1. The molecule has 0 saturated carbocycles. The molecule has 0 spiro atoms. The molecule has 1 aromatic heterocycles. The first-order chi connectivity index (χ1) is 10.3. The van der Waals surface area contributed by atoms with Crippen molar-refractivity contribution in [2.45, 2.75) is 13.0 Å². The van der Waals surface area contributed by atoms with Crippen molar-refractivity contribution in [3.8, 4) is 0 Å². The third-order valence-corrected chi connectivity index (χ3v) is 3.59. The molecule has 3 N–H and O–H groups in total. The summed E-state index contributed by atoms with van der Waals surface area (Å²) in [6.07, 6.45) is 0. The summed E-state index contributed by atoms with van der Waals surface area (Å²) >= 11 is 0. The van der Waals surface area contributed by atoms with E-state index in [2.05, 4.69) is 21.6 Å². The smallest absolute Gasteiger partial charge is 0.156 e. The predicted molar refractivity (Wildman–Crippen MR) is 86.1 cm³/mol. The number of hydrogen-bond donors (Lipinski definition) is 2. The average Bonchev–Trinajstić information content (AvgIpc) is 2.55. The van der Waals surface area contributed by atoms with E-state index in [4.69, 9.17) is 5.73 Å². The van der Waals surface area contributed by atoms with E-state index in [-0.39, 0.29) is 6.04 Å². The Balaban J connectivity index is 1.81. The van der Waals surface area contributed by atoms with Gasteiger partial charge in [0.15, 0.2) is 5.82 Å². The molecule has 1 unspecified atom stereocenters. The monoisotopic (exact) mass is 278 g/mol. The van der Waals surface area contributed by atoms with E-state index in [1.165, 1.54) is 0 Å². The number of hydrogen-bond acceptors (Lipinski definition) is 4. The highest BCUT2D eigenvalue weighted by atomic mass is 15.2. The fraction of sp³-hybridized carbons (Fsp3) is 0.176. The Kier molecular flexibility index (Phi) is 3.79. The molecule has 2 aromatic carbocycles. The maximum absolute atomic E-state index is 6.21. The minimum absolute atomic E-state index is 0.0759. The number of aromatic nitrogens is 2. The number of anilines is 1. The number of nitrogens with one attached hydrogen (secondary N) is 1. The number of benzene rings is 2. The van der Waals surface area contributed by atoms with E-state index >= 15 is 0 Å². The lowest BCUT2D eigenvalue weighted by Gasteiger charge is -2.14. The van der Waals surface area contributed by atoms with Crippen molar-refractivity contribution in [2.24, 2.45) is 5.73 Å². The Bertz CT molecular complexity index is 740. The van der Waals surface area contributed by atoms with E-state index in [1.807, 2.05) is 55.5 Å². The van der Waals surface area contributed by atoms with Crippen LogP contribution in [-0.4, -0.2) is 16.7 Å². The molecular formula is C17H18N4. The highest BCUT2D eigenvalue weighted by Crippen LogP contribution is 2.22. The lowest BCUT2D eigenvalue weighted by molar-refractivity contribution is 0.760. The van der Waals surface area contributed by atoms with Crippen LogP contribution in [0.2, 0.25) is 0 Å². The van der Waals surface area contributed by atoms with E-state index in [0.717, 1.165) is 27.8 Å². The van der Waals surface area contributed by atoms with Gasteiger partial charge in [0, 0.05) is 23.4 Å². The molecule has 4 heteroatoms. The Morgan fingerprint density at radius 2 is 1.62 bits per heavy atom. The van der Waals surface area contributed by atoms with Crippen LogP contribution in [0.1, 0.15) is 17.3 Å². The second-order valence-corrected chi connectivity index (χ2v) is 5.08. The van der Waals surface area contributed by atoms with Crippen molar-refractivity contribution in [1.82, 2.24) is 10.2 Å². The highest BCUT2D eigenvalue weighted by Gasteiger charge is 2.09. The minimum atomic E-state index is -0.0759. The van der Waals surface area contributed by atoms with Crippen LogP contribution in [0.4, 0.5) is 5.82 Å².